The third-order valence-electron chi connectivity index (χ3n) is 7.80. The summed E-state index contributed by atoms with van der Waals surface area (Å²) in [7, 11) is 6.10. The number of methoxy groups -OCH3 is 4. The van der Waals surface area contributed by atoms with E-state index in [9.17, 15) is 20.4 Å². The van der Waals surface area contributed by atoms with Crippen LogP contribution in [0.15, 0.2) is 97.1 Å². The Morgan fingerprint density at radius 1 is 0.364 bits per heavy atom. The normalized spacial score (nSPS) is 11.0. The van der Waals surface area contributed by atoms with Crippen molar-refractivity contribution in [3.63, 3.8) is 0 Å². The van der Waals surface area contributed by atoms with Crippen LogP contribution in [0.2, 0.25) is 0 Å². The Balaban J connectivity index is 1.66. The van der Waals surface area contributed by atoms with Crippen molar-refractivity contribution in [3.8, 4) is 46.0 Å². The number of hydrogen-bond donors (Lipinski definition) is 4. The molecule has 0 saturated carbocycles. The van der Waals surface area contributed by atoms with Crippen molar-refractivity contribution >= 4 is 0 Å². The number of hydrogen-bond acceptors (Lipinski definition) is 8. The van der Waals surface area contributed by atoms with Gasteiger partial charge in [0, 0.05) is 58.4 Å². The monoisotopic (exact) mass is 594 g/mol. The highest BCUT2D eigenvalue weighted by Gasteiger charge is 2.27. The first-order chi connectivity index (χ1) is 21.3. The van der Waals surface area contributed by atoms with E-state index in [-0.39, 0.29) is 23.0 Å². The van der Waals surface area contributed by atoms with Crippen LogP contribution >= 0.6 is 0 Å². The zero-order valence-electron chi connectivity index (χ0n) is 24.8. The molecule has 0 radical (unpaired) electrons. The topological polar surface area (TPSA) is 118 Å². The Bertz CT molecular complexity index is 1530. The molecule has 0 aliphatic rings. The molecule has 4 N–H and O–H groups in total. The van der Waals surface area contributed by atoms with Crippen molar-refractivity contribution in [1.82, 2.24) is 0 Å². The second-order valence-electron chi connectivity index (χ2n) is 10.2. The molecule has 0 atom stereocenters. The predicted molar refractivity (Wildman–Crippen MR) is 167 cm³/mol. The van der Waals surface area contributed by atoms with E-state index in [1.54, 1.807) is 48.5 Å². The fourth-order valence-corrected chi connectivity index (χ4v) is 5.51. The predicted octanol–water partition coefficient (Wildman–Crippen LogP) is 6.90. The van der Waals surface area contributed by atoms with Crippen LogP contribution in [-0.4, -0.2) is 48.9 Å². The molecule has 0 heterocycles. The van der Waals surface area contributed by atoms with Gasteiger partial charge >= 0.3 is 0 Å². The minimum absolute atomic E-state index is 0.0119. The Kier molecular flexibility index (Phi) is 8.71. The summed E-state index contributed by atoms with van der Waals surface area (Å²) in [6.07, 6.45) is 0. The fraction of sp³-hybridized carbons (Fsp3) is 0.167. The maximum Gasteiger partial charge on any atom is 0.123 e. The number of phenolic OH excluding ortho intramolecular Hbond substituents is 4. The summed E-state index contributed by atoms with van der Waals surface area (Å²) in [5, 5.41) is 44.1. The van der Waals surface area contributed by atoms with Gasteiger partial charge in [-0.15, -0.1) is 0 Å². The van der Waals surface area contributed by atoms with Crippen LogP contribution in [0.5, 0.6) is 46.0 Å². The highest BCUT2D eigenvalue weighted by atomic mass is 16.5. The Morgan fingerprint density at radius 2 is 0.591 bits per heavy atom. The van der Waals surface area contributed by atoms with Crippen molar-refractivity contribution in [2.75, 3.05) is 28.4 Å². The molecule has 0 aliphatic carbocycles. The van der Waals surface area contributed by atoms with E-state index in [4.69, 9.17) is 18.9 Å². The fourth-order valence-electron chi connectivity index (χ4n) is 5.51. The lowest BCUT2D eigenvalue weighted by Crippen LogP contribution is -2.07. The van der Waals surface area contributed by atoms with E-state index in [1.807, 2.05) is 24.3 Å². The molecule has 0 amide bonds. The van der Waals surface area contributed by atoms with Gasteiger partial charge < -0.3 is 39.4 Å². The Labute approximate surface area is 255 Å². The van der Waals surface area contributed by atoms with Gasteiger partial charge in [0.25, 0.3) is 0 Å². The van der Waals surface area contributed by atoms with Crippen LogP contribution in [-0.2, 0) is 0 Å². The molecule has 0 spiro atoms. The van der Waals surface area contributed by atoms with Crippen molar-refractivity contribution in [3.05, 3.63) is 130 Å². The molecule has 44 heavy (non-hydrogen) atoms. The number of benzene rings is 5. The molecule has 0 saturated heterocycles. The average Bonchev–Trinajstić information content (AvgIpc) is 3.04. The summed E-state index contributed by atoms with van der Waals surface area (Å²) in [6, 6.07) is 27.8. The highest BCUT2D eigenvalue weighted by Crippen LogP contribution is 2.45. The van der Waals surface area contributed by atoms with Gasteiger partial charge in [-0.25, -0.2) is 0 Å². The molecule has 0 aliphatic heterocycles. The molecule has 0 aromatic heterocycles. The zero-order valence-corrected chi connectivity index (χ0v) is 24.8. The van der Waals surface area contributed by atoms with Gasteiger partial charge in [0.2, 0.25) is 0 Å². The van der Waals surface area contributed by atoms with E-state index in [1.165, 1.54) is 52.7 Å². The third kappa shape index (κ3) is 5.87. The number of phenols is 4. The lowest BCUT2D eigenvalue weighted by Gasteiger charge is -2.24. The average molecular weight is 595 g/mol. The summed E-state index contributed by atoms with van der Waals surface area (Å²) in [4.78, 5) is 0. The second kappa shape index (κ2) is 12.8. The Hall–Kier alpha value is -5.50. The van der Waals surface area contributed by atoms with Crippen molar-refractivity contribution in [2.45, 2.75) is 11.8 Å². The van der Waals surface area contributed by atoms with Gasteiger partial charge in [0.05, 0.1) is 28.4 Å². The van der Waals surface area contributed by atoms with Crippen LogP contribution in [0.3, 0.4) is 0 Å². The first-order valence-corrected chi connectivity index (χ1v) is 13.8. The second-order valence-corrected chi connectivity index (χ2v) is 10.2. The van der Waals surface area contributed by atoms with Gasteiger partial charge in [-0.1, -0.05) is 48.5 Å². The summed E-state index contributed by atoms with van der Waals surface area (Å²) in [5.41, 5.74) is 3.83. The van der Waals surface area contributed by atoms with Gasteiger partial charge in [-0.3, -0.25) is 0 Å². The van der Waals surface area contributed by atoms with E-state index in [0.29, 0.717) is 45.3 Å². The van der Waals surface area contributed by atoms with E-state index in [0.717, 1.165) is 11.1 Å². The molecule has 8 nitrogen and oxygen atoms in total. The number of rotatable bonds is 10. The van der Waals surface area contributed by atoms with E-state index < -0.39 is 11.8 Å². The largest absolute Gasteiger partial charge is 0.507 e. The summed E-state index contributed by atoms with van der Waals surface area (Å²) in [5.74, 6) is 0.945. The van der Waals surface area contributed by atoms with Gasteiger partial charge in [-0.05, 0) is 35.4 Å². The quantitative estimate of drug-likeness (QED) is 0.129. The molecule has 0 unspecified atom stereocenters. The molecule has 5 aromatic rings. The van der Waals surface area contributed by atoms with Gasteiger partial charge in [0.1, 0.15) is 46.0 Å². The SMILES string of the molecule is COc1ccc(C(c2ccc(C(c3ccc(OC)cc3O)c3ccc(OC)cc3O)cc2)c2ccc(OC)cc2O)c(O)c1. The molecule has 226 valence electrons. The van der Waals surface area contributed by atoms with Crippen LogP contribution < -0.4 is 18.9 Å². The molecule has 8 heteroatoms. The van der Waals surface area contributed by atoms with Crippen molar-refractivity contribution in [1.29, 1.82) is 0 Å². The van der Waals surface area contributed by atoms with Crippen molar-refractivity contribution in [2.24, 2.45) is 0 Å². The molecule has 0 fully saturated rings. The maximum atomic E-state index is 11.0. The van der Waals surface area contributed by atoms with E-state index in [2.05, 4.69) is 0 Å². The minimum atomic E-state index is -0.553. The zero-order chi connectivity index (χ0) is 31.4. The maximum absolute atomic E-state index is 11.0. The minimum Gasteiger partial charge on any atom is -0.507 e. The third-order valence-corrected chi connectivity index (χ3v) is 7.80. The molecule has 5 aromatic carbocycles. The first kappa shape index (κ1) is 30.0. The summed E-state index contributed by atoms with van der Waals surface area (Å²) < 4.78 is 21.1. The lowest BCUT2D eigenvalue weighted by molar-refractivity contribution is 0.404. The molecule has 0 bridgehead atoms. The van der Waals surface area contributed by atoms with Crippen molar-refractivity contribution < 1.29 is 39.4 Å². The van der Waals surface area contributed by atoms with Crippen LogP contribution in [0.25, 0.3) is 0 Å². The van der Waals surface area contributed by atoms with Crippen LogP contribution in [0.4, 0.5) is 0 Å². The Morgan fingerprint density at radius 3 is 0.773 bits per heavy atom. The molecular weight excluding hydrogens is 560 g/mol. The standard InChI is InChI=1S/C36H34O8/c1-41-23-9-13-27(31(37)17-23)35(28-14-10-24(42-2)18-32(28)38)21-5-7-22(8-6-21)36(29-15-11-25(43-3)19-33(29)39)30-16-12-26(44-4)20-34(30)40/h5-20,35-40H,1-4H3. The smallest absolute Gasteiger partial charge is 0.123 e. The van der Waals surface area contributed by atoms with Gasteiger partial charge in [0.15, 0.2) is 0 Å². The van der Waals surface area contributed by atoms with E-state index >= 15 is 0 Å². The van der Waals surface area contributed by atoms with Crippen LogP contribution in [0, 0.1) is 0 Å². The summed E-state index contributed by atoms with van der Waals surface area (Å²) >= 11 is 0. The lowest BCUT2D eigenvalue weighted by atomic mass is 9.80. The van der Waals surface area contributed by atoms with Gasteiger partial charge in [-0.2, -0.15) is 0 Å². The van der Waals surface area contributed by atoms with Crippen LogP contribution in [0.1, 0.15) is 45.2 Å². The first-order valence-electron chi connectivity index (χ1n) is 13.8. The molecule has 5 rings (SSSR count). The number of aromatic hydroxyl groups is 4. The summed E-state index contributed by atoms with van der Waals surface area (Å²) in [6.45, 7) is 0. The number of ether oxygens (including phenoxy) is 4. The highest BCUT2D eigenvalue weighted by molar-refractivity contribution is 5.58. The molecular formula is C36H34O8.